The van der Waals surface area contributed by atoms with Gasteiger partial charge in [0.1, 0.15) is 23.4 Å². The van der Waals surface area contributed by atoms with Crippen molar-refractivity contribution in [3.05, 3.63) is 64.3 Å². The molecule has 4 heteroatoms. The lowest BCUT2D eigenvalue weighted by Gasteiger charge is -2.09. The highest BCUT2D eigenvalue weighted by molar-refractivity contribution is 5.83. The normalized spacial score (nSPS) is 10.9. The van der Waals surface area contributed by atoms with Gasteiger partial charge >= 0.3 is 0 Å². The molecular weight excluding hydrogens is 283 g/mol. The number of fused-ring (bicyclic) bond motifs is 1. The van der Waals surface area contributed by atoms with Crippen molar-refractivity contribution < 1.29 is 13.5 Å². The molecule has 3 aromatic rings. The van der Waals surface area contributed by atoms with Crippen molar-refractivity contribution in [2.45, 2.75) is 13.3 Å². The second-order valence-corrected chi connectivity index (χ2v) is 5.00. The predicted molar refractivity (Wildman–Crippen MR) is 83.8 cm³/mol. The van der Waals surface area contributed by atoms with Gasteiger partial charge in [0, 0.05) is 6.07 Å². The zero-order valence-electron chi connectivity index (χ0n) is 12.4. The van der Waals surface area contributed by atoms with E-state index in [0.717, 1.165) is 12.0 Å². The molecule has 3 rings (SSSR count). The Bertz CT molecular complexity index is 879. The highest BCUT2D eigenvalue weighted by Crippen LogP contribution is 2.27. The molecule has 0 N–H and O–H groups in total. The molecule has 0 saturated heterocycles. The van der Waals surface area contributed by atoms with Crippen molar-refractivity contribution >= 4 is 11.0 Å². The third-order valence-electron chi connectivity index (χ3n) is 3.71. The van der Waals surface area contributed by atoms with Crippen molar-refractivity contribution in [3.63, 3.8) is 0 Å². The summed E-state index contributed by atoms with van der Waals surface area (Å²) in [5.41, 5.74) is 2.33. The third kappa shape index (κ3) is 2.37. The molecule has 0 saturated carbocycles. The first kappa shape index (κ1) is 14.3. The Hall–Kier alpha value is -2.62. The maximum atomic E-state index is 13.0. The highest BCUT2D eigenvalue weighted by Gasteiger charge is 2.12. The van der Waals surface area contributed by atoms with Gasteiger partial charge in [-0.1, -0.05) is 19.1 Å². The summed E-state index contributed by atoms with van der Waals surface area (Å²) < 4.78 is 23.9. The SMILES string of the molecule is CCc1cc2c(=O)c(-c3ccc(F)cc3)coc2cc1OC. The van der Waals surface area contributed by atoms with Crippen molar-refractivity contribution in [1.29, 1.82) is 0 Å². The summed E-state index contributed by atoms with van der Waals surface area (Å²) in [4.78, 5) is 12.7. The molecule has 3 nitrogen and oxygen atoms in total. The fourth-order valence-corrected chi connectivity index (χ4v) is 2.50. The molecule has 22 heavy (non-hydrogen) atoms. The van der Waals surface area contributed by atoms with E-state index in [1.165, 1.54) is 18.4 Å². The Morgan fingerprint density at radius 2 is 1.91 bits per heavy atom. The standard InChI is InChI=1S/C18H15FO3/c1-3-11-8-14-17(9-16(11)21-2)22-10-15(18(14)20)12-4-6-13(19)7-5-12/h4-10H,3H2,1-2H3. The van der Waals surface area contributed by atoms with Crippen LogP contribution in [0.2, 0.25) is 0 Å². The lowest BCUT2D eigenvalue weighted by molar-refractivity contribution is 0.409. The molecule has 0 aliphatic rings. The first-order valence-corrected chi connectivity index (χ1v) is 7.02. The van der Waals surface area contributed by atoms with Crippen LogP contribution in [0.4, 0.5) is 4.39 Å². The van der Waals surface area contributed by atoms with Gasteiger partial charge in [-0.2, -0.15) is 0 Å². The summed E-state index contributed by atoms with van der Waals surface area (Å²) in [5, 5.41) is 0.500. The summed E-state index contributed by atoms with van der Waals surface area (Å²) in [6.07, 6.45) is 2.16. The van der Waals surface area contributed by atoms with E-state index in [2.05, 4.69) is 0 Å². The lowest BCUT2D eigenvalue weighted by atomic mass is 10.0. The summed E-state index contributed by atoms with van der Waals surface area (Å²) >= 11 is 0. The third-order valence-corrected chi connectivity index (χ3v) is 3.71. The van der Waals surface area contributed by atoms with Gasteiger partial charge in [-0.3, -0.25) is 4.79 Å². The first-order chi connectivity index (χ1) is 10.6. The Morgan fingerprint density at radius 1 is 1.18 bits per heavy atom. The van der Waals surface area contributed by atoms with Crippen LogP contribution >= 0.6 is 0 Å². The topological polar surface area (TPSA) is 39.4 Å². The van der Waals surface area contributed by atoms with Crippen molar-refractivity contribution in [1.82, 2.24) is 0 Å². The zero-order chi connectivity index (χ0) is 15.7. The van der Waals surface area contributed by atoms with Crippen LogP contribution in [0.3, 0.4) is 0 Å². The van der Waals surface area contributed by atoms with E-state index in [-0.39, 0.29) is 11.2 Å². The van der Waals surface area contributed by atoms with Gasteiger partial charge in [0.25, 0.3) is 0 Å². The molecule has 1 aromatic heterocycles. The van der Waals surface area contributed by atoms with Crippen molar-refractivity contribution in [3.8, 4) is 16.9 Å². The van der Waals surface area contributed by atoms with E-state index >= 15 is 0 Å². The minimum atomic E-state index is -0.341. The van der Waals surface area contributed by atoms with Crippen LogP contribution in [0.5, 0.6) is 5.75 Å². The zero-order valence-corrected chi connectivity index (χ0v) is 12.4. The molecule has 0 spiro atoms. The van der Waals surface area contributed by atoms with Gasteiger partial charge in [-0.05, 0) is 35.7 Å². The van der Waals surface area contributed by atoms with Crippen LogP contribution in [-0.4, -0.2) is 7.11 Å². The van der Waals surface area contributed by atoms with E-state index in [4.69, 9.17) is 9.15 Å². The molecule has 0 unspecified atom stereocenters. The van der Waals surface area contributed by atoms with Crippen LogP contribution in [-0.2, 0) is 6.42 Å². The lowest BCUT2D eigenvalue weighted by Crippen LogP contribution is -2.06. The number of halogens is 1. The Balaban J connectivity index is 2.25. The maximum absolute atomic E-state index is 13.0. The average Bonchev–Trinajstić information content (AvgIpc) is 2.55. The van der Waals surface area contributed by atoms with E-state index in [9.17, 15) is 9.18 Å². The Kier molecular flexibility index (Phi) is 3.67. The molecule has 2 aromatic carbocycles. The highest BCUT2D eigenvalue weighted by atomic mass is 19.1. The summed E-state index contributed by atoms with van der Waals surface area (Å²) in [6, 6.07) is 9.31. The van der Waals surface area contributed by atoms with Crippen LogP contribution in [0, 0.1) is 5.82 Å². The molecule has 0 amide bonds. The number of methoxy groups -OCH3 is 1. The van der Waals surface area contributed by atoms with E-state index in [1.54, 1.807) is 31.4 Å². The number of ether oxygens (including phenoxy) is 1. The second-order valence-electron chi connectivity index (χ2n) is 5.00. The number of aryl methyl sites for hydroxylation is 1. The molecule has 112 valence electrons. The number of rotatable bonds is 3. The Morgan fingerprint density at radius 3 is 2.55 bits per heavy atom. The molecule has 0 bridgehead atoms. The number of hydrogen-bond acceptors (Lipinski definition) is 3. The largest absolute Gasteiger partial charge is 0.496 e. The predicted octanol–water partition coefficient (Wildman–Crippen LogP) is 4.17. The van der Waals surface area contributed by atoms with Gasteiger partial charge < -0.3 is 9.15 Å². The Labute approximate surface area is 127 Å². The molecule has 0 aliphatic carbocycles. The molecule has 0 aliphatic heterocycles. The van der Waals surface area contributed by atoms with Crippen LogP contribution < -0.4 is 10.2 Å². The summed E-state index contributed by atoms with van der Waals surface area (Å²) in [7, 11) is 1.59. The second kappa shape index (κ2) is 5.64. The fourth-order valence-electron chi connectivity index (χ4n) is 2.50. The van der Waals surface area contributed by atoms with Gasteiger partial charge in [0.05, 0.1) is 18.1 Å². The molecule has 0 atom stereocenters. The quantitative estimate of drug-likeness (QED) is 0.728. The van der Waals surface area contributed by atoms with Gasteiger partial charge in [0.15, 0.2) is 0 Å². The van der Waals surface area contributed by atoms with E-state index in [0.29, 0.717) is 27.8 Å². The smallest absolute Gasteiger partial charge is 0.200 e. The monoisotopic (exact) mass is 298 g/mol. The van der Waals surface area contributed by atoms with E-state index in [1.807, 2.05) is 6.92 Å². The van der Waals surface area contributed by atoms with Gasteiger partial charge in [-0.25, -0.2) is 4.39 Å². The van der Waals surface area contributed by atoms with Crippen molar-refractivity contribution in [2.24, 2.45) is 0 Å². The maximum Gasteiger partial charge on any atom is 0.200 e. The van der Waals surface area contributed by atoms with Crippen molar-refractivity contribution in [2.75, 3.05) is 7.11 Å². The van der Waals surface area contributed by atoms with Gasteiger partial charge in [-0.15, -0.1) is 0 Å². The van der Waals surface area contributed by atoms with Crippen LogP contribution in [0.25, 0.3) is 22.1 Å². The number of hydrogen-bond donors (Lipinski definition) is 0. The number of benzene rings is 2. The van der Waals surface area contributed by atoms with Crippen LogP contribution in [0.15, 0.2) is 51.9 Å². The summed E-state index contributed by atoms with van der Waals surface area (Å²) in [5.74, 6) is 0.361. The molecule has 0 radical (unpaired) electrons. The molecule has 1 heterocycles. The minimum absolute atomic E-state index is 0.134. The van der Waals surface area contributed by atoms with Gasteiger partial charge in [0.2, 0.25) is 5.43 Å². The first-order valence-electron chi connectivity index (χ1n) is 7.02. The minimum Gasteiger partial charge on any atom is -0.496 e. The fraction of sp³-hybridized carbons (Fsp3) is 0.167. The van der Waals surface area contributed by atoms with Crippen LogP contribution in [0.1, 0.15) is 12.5 Å². The summed E-state index contributed by atoms with van der Waals surface area (Å²) in [6.45, 7) is 2.00. The molecular formula is C18H15FO3. The molecule has 0 fully saturated rings. The average molecular weight is 298 g/mol. The van der Waals surface area contributed by atoms with E-state index < -0.39 is 0 Å².